The first-order valence-corrected chi connectivity index (χ1v) is 10.9. The van der Waals surface area contributed by atoms with Gasteiger partial charge >= 0.3 is 6.03 Å². The molecule has 2 N–H and O–H groups in total. The molecule has 1 saturated heterocycles. The summed E-state index contributed by atoms with van der Waals surface area (Å²) in [5, 5.41) is 6.12. The topological polar surface area (TPSA) is 66.5 Å². The van der Waals surface area contributed by atoms with Crippen LogP contribution in [0.15, 0.2) is 48.7 Å². The zero-order valence-corrected chi connectivity index (χ0v) is 18.6. The highest BCUT2D eigenvalue weighted by atomic mass is 19.1. The van der Waals surface area contributed by atoms with Gasteiger partial charge in [0.05, 0.1) is 11.7 Å². The molecule has 0 spiro atoms. The van der Waals surface area contributed by atoms with Gasteiger partial charge in [-0.05, 0) is 42.5 Å². The number of benzene rings is 1. The largest absolute Gasteiger partial charge is 0.488 e. The third kappa shape index (κ3) is 7.21. The minimum absolute atomic E-state index is 0.132. The summed E-state index contributed by atoms with van der Waals surface area (Å²) in [6.45, 7) is 8.94. The average Bonchev–Trinajstić information content (AvgIpc) is 2.73. The minimum Gasteiger partial charge on any atom is -0.488 e. The van der Waals surface area contributed by atoms with Crippen LogP contribution >= 0.6 is 0 Å². The Balaban J connectivity index is 1.46. The van der Waals surface area contributed by atoms with Gasteiger partial charge in [0.1, 0.15) is 6.61 Å². The van der Waals surface area contributed by atoms with Crippen LogP contribution in [0.1, 0.15) is 39.3 Å². The van der Waals surface area contributed by atoms with E-state index in [2.05, 4.69) is 20.5 Å². The molecule has 6 nitrogen and oxygen atoms in total. The number of aromatic nitrogens is 1. The number of hydrogen-bond donors (Lipinski definition) is 2. The molecule has 1 aliphatic heterocycles. The lowest BCUT2D eigenvalue weighted by Gasteiger charge is -2.34. The van der Waals surface area contributed by atoms with Crippen LogP contribution in [-0.2, 0) is 6.54 Å². The maximum Gasteiger partial charge on any atom is 0.315 e. The Labute approximate surface area is 184 Å². The smallest absolute Gasteiger partial charge is 0.315 e. The lowest BCUT2D eigenvalue weighted by Crippen LogP contribution is -2.54. The zero-order chi connectivity index (χ0) is 22.3. The van der Waals surface area contributed by atoms with E-state index >= 15 is 0 Å². The van der Waals surface area contributed by atoms with Crippen LogP contribution in [0.5, 0.6) is 5.75 Å². The fourth-order valence-electron chi connectivity index (χ4n) is 3.58. The molecule has 2 aromatic rings. The van der Waals surface area contributed by atoms with E-state index in [1.807, 2.05) is 45.2 Å². The molecule has 1 fully saturated rings. The molecule has 31 heavy (non-hydrogen) atoms. The van der Waals surface area contributed by atoms with Gasteiger partial charge in [0.25, 0.3) is 0 Å². The van der Waals surface area contributed by atoms with Gasteiger partial charge in [-0.2, -0.15) is 0 Å². The number of nitrogens with one attached hydrogen (secondary N) is 2. The van der Waals surface area contributed by atoms with Crippen molar-refractivity contribution in [1.29, 1.82) is 0 Å². The molecule has 1 unspecified atom stereocenters. The molecule has 0 aliphatic carbocycles. The third-order valence-corrected chi connectivity index (χ3v) is 5.63. The van der Waals surface area contributed by atoms with E-state index in [0.29, 0.717) is 0 Å². The molecular formula is C24H33FN4O2. The standard InChI is InChI=1S/C24H33FN4O2/c1-24(2,3)22(17-31-21-10-5-4-9-20(21)25)28-23(30)27-18-11-14-29(15-12-18)16-19-8-6-7-13-26-19/h4-10,13,18,22H,11-12,14-17H2,1-3H3,(H2,27,28,30). The fraction of sp³-hybridized carbons (Fsp3) is 0.500. The quantitative estimate of drug-likeness (QED) is 0.700. The van der Waals surface area contributed by atoms with Crippen molar-refractivity contribution < 1.29 is 13.9 Å². The van der Waals surface area contributed by atoms with Crippen molar-refractivity contribution in [3.05, 3.63) is 60.2 Å². The van der Waals surface area contributed by atoms with Crippen LogP contribution in [0.2, 0.25) is 0 Å². The van der Waals surface area contributed by atoms with Crippen molar-refractivity contribution in [3.63, 3.8) is 0 Å². The van der Waals surface area contributed by atoms with Crippen LogP contribution in [0.3, 0.4) is 0 Å². The predicted octanol–water partition coefficient (Wildman–Crippen LogP) is 3.98. The Morgan fingerprint density at radius 1 is 1.19 bits per heavy atom. The molecule has 0 radical (unpaired) electrons. The summed E-state index contributed by atoms with van der Waals surface area (Å²) in [5.41, 5.74) is 0.823. The highest BCUT2D eigenvalue weighted by Crippen LogP contribution is 2.22. The highest BCUT2D eigenvalue weighted by Gasteiger charge is 2.29. The fourth-order valence-corrected chi connectivity index (χ4v) is 3.58. The summed E-state index contributed by atoms with van der Waals surface area (Å²) < 4.78 is 19.5. The second-order valence-electron chi connectivity index (χ2n) is 9.15. The number of hydrogen-bond acceptors (Lipinski definition) is 4. The first kappa shape index (κ1) is 23.0. The number of para-hydroxylation sites is 1. The van der Waals surface area contributed by atoms with Gasteiger partial charge in [-0.15, -0.1) is 0 Å². The lowest BCUT2D eigenvalue weighted by atomic mass is 9.87. The number of nitrogens with zero attached hydrogens (tertiary/aromatic N) is 2. The van der Waals surface area contributed by atoms with Gasteiger partial charge in [0.15, 0.2) is 11.6 Å². The Bertz CT molecular complexity index is 833. The van der Waals surface area contributed by atoms with Gasteiger partial charge in [-0.25, -0.2) is 9.18 Å². The normalized spacial score (nSPS) is 16.5. The van der Waals surface area contributed by atoms with E-state index < -0.39 is 5.82 Å². The molecule has 1 aromatic carbocycles. The molecule has 2 heterocycles. The summed E-state index contributed by atoms with van der Waals surface area (Å²) in [6, 6.07) is 11.9. The number of ether oxygens (including phenoxy) is 1. The Hall–Kier alpha value is -2.67. The first-order chi connectivity index (χ1) is 14.8. The number of amides is 2. The zero-order valence-electron chi connectivity index (χ0n) is 18.6. The molecule has 1 aliphatic rings. The lowest BCUT2D eigenvalue weighted by molar-refractivity contribution is 0.159. The molecule has 1 aromatic heterocycles. The van der Waals surface area contributed by atoms with Gasteiger partial charge < -0.3 is 15.4 Å². The third-order valence-electron chi connectivity index (χ3n) is 5.63. The van der Waals surface area contributed by atoms with Crippen molar-refractivity contribution in [2.45, 2.75) is 52.2 Å². The van der Waals surface area contributed by atoms with Crippen LogP contribution in [-0.4, -0.2) is 47.7 Å². The number of urea groups is 1. The van der Waals surface area contributed by atoms with Gasteiger partial charge in [-0.1, -0.05) is 39.0 Å². The minimum atomic E-state index is -0.405. The van der Waals surface area contributed by atoms with Crippen molar-refractivity contribution in [2.75, 3.05) is 19.7 Å². The Morgan fingerprint density at radius 2 is 1.90 bits per heavy atom. The van der Waals surface area contributed by atoms with Crippen molar-refractivity contribution in [3.8, 4) is 5.75 Å². The second-order valence-corrected chi connectivity index (χ2v) is 9.15. The Morgan fingerprint density at radius 3 is 2.55 bits per heavy atom. The summed E-state index contributed by atoms with van der Waals surface area (Å²) in [4.78, 5) is 19.4. The number of rotatable bonds is 7. The van der Waals surface area contributed by atoms with E-state index in [9.17, 15) is 9.18 Å². The summed E-state index contributed by atoms with van der Waals surface area (Å²) in [6.07, 6.45) is 3.61. The molecule has 7 heteroatoms. The van der Waals surface area contributed by atoms with Crippen molar-refractivity contribution in [1.82, 2.24) is 20.5 Å². The van der Waals surface area contributed by atoms with Gasteiger partial charge in [0, 0.05) is 31.9 Å². The molecule has 0 bridgehead atoms. The van der Waals surface area contributed by atoms with Crippen molar-refractivity contribution >= 4 is 6.03 Å². The second kappa shape index (κ2) is 10.6. The molecular weight excluding hydrogens is 395 g/mol. The molecule has 2 amide bonds. The SMILES string of the molecule is CC(C)(C)C(COc1ccccc1F)NC(=O)NC1CCN(Cc2ccccn2)CC1. The molecule has 3 rings (SSSR count). The maximum atomic E-state index is 13.8. The molecule has 168 valence electrons. The number of likely N-dealkylation sites (tertiary alicyclic amines) is 1. The van der Waals surface area contributed by atoms with E-state index in [-0.39, 0.29) is 35.9 Å². The molecule has 0 saturated carbocycles. The summed E-state index contributed by atoms with van der Waals surface area (Å²) in [5.74, 6) is -0.212. The number of piperidine rings is 1. The summed E-state index contributed by atoms with van der Waals surface area (Å²) >= 11 is 0. The molecule has 1 atom stereocenters. The predicted molar refractivity (Wildman–Crippen MR) is 119 cm³/mol. The maximum absolute atomic E-state index is 13.8. The Kier molecular flexibility index (Phi) is 7.85. The van der Waals surface area contributed by atoms with E-state index in [0.717, 1.165) is 38.2 Å². The highest BCUT2D eigenvalue weighted by molar-refractivity contribution is 5.74. The van der Waals surface area contributed by atoms with Crippen LogP contribution < -0.4 is 15.4 Å². The van der Waals surface area contributed by atoms with E-state index in [1.54, 1.807) is 18.2 Å². The monoisotopic (exact) mass is 428 g/mol. The van der Waals surface area contributed by atoms with E-state index in [1.165, 1.54) is 6.07 Å². The van der Waals surface area contributed by atoms with Gasteiger partial charge in [-0.3, -0.25) is 9.88 Å². The van der Waals surface area contributed by atoms with Crippen molar-refractivity contribution in [2.24, 2.45) is 5.41 Å². The van der Waals surface area contributed by atoms with Gasteiger partial charge in [0.2, 0.25) is 0 Å². The number of halogens is 1. The van der Waals surface area contributed by atoms with Crippen LogP contribution in [0, 0.1) is 11.2 Å². The van der Waals surface area contributed by atoms with Crippen LogP contribution in [0.4, 0.5) is 9.18 Å². The average molecular weight is 429 g/mol. The number of carbonyl (C=O) groups is 1. The first-order valence-electron chi connectivity index (χ1n) is 10.9. The summed E-state index contributed by atoms with van der Waals surface area (Å²) in [7, 11) is 0. The number of pyridine rings is 1. The number of carbonyl (C=O) groups excluding carboxylic acids is 1. The van der Waals surface area contributed by atoms with E-state index in [4.69, 9.17) is 4.74 Å². The van der Waals surface area contributed by atoms with Crippen LogP contribution in [0.25, 0.3) is 0 Å².